The summed E-state index contributed by atoms with van der Waals surface area (Å²) >= 11 is 12.4. The van der Waals surface area contributed by atoms with Gasteiger partial charge < -0.3 is 9.26 Å². The first-order valence-electron chi connectivity index (χ1n) is 10.6. The van der Waals surface area contributed by atoms with Gasteiger partial charge in [-0.15, -0.1) is 0 Å². The smallest absolute Gasteiger partial charge is 0.330 e. The van der Waals surface area contributed by atoms with E-state index in [1.54, 1.807) is 36.5 Å². The molecule has 0 N–H and O–H groups in total. The molecule has 0 unspecified atom stereocenters. The van der Waals surface area contributed by atoms with Crippen molar-refractivity contribution in [1.29, 1.82) is 0 Å². The molecule has 0 fully saturated rings. The maximum atomic E-state index is 15.1. The van der Waals surface area contributed by atoms with Crippen molar-refractivity contribution >= 4 is 52.1 Å². The fourth-order valence-corrected chi connectivity index (χ4v) is 4.43. The van der Waals surface area contributed by atoms with Gasteiger partial charge >= 0.3 is 5.97 Å². The molecule has 4 aromatic rings. The Balaban J connectivity index is 1.93. The minimum atomic E-state index is -2.00. The average Bonchev–Trinajstić information content (AvgIpc) is 3.39. The molecular weight excluding hydrogens is 494 g/mol. The van der Waals surface area contributed by atoms with Crippen molar-refractivity contribution in [3.63, 3.8) is 0 Å². The molecule has 0 aliphatic heterocycles. The molecule has 0 aliphatic rings. The lowest BCUT2D eigenvalue weighted by atomic mass is 9.98. The van der Waals surface area contributed by atoms with Crippen LogP contribution in [0.2, 0.25) is 10.0 Å². The van der Waals surface area contributed by atoms with Gasteiger partial charge in [-0.1, -0.05) is 40.5 Å². The number of rotatable bonds is 5. The van der Waals surface area contributed by atoms with Gasteiger partial charge in [0, 0.05) is 28.2 Å². The molecule has 2 aromatic heterocycles. The first kappa shape index (κ1) is 24.7. The first-order chi connectivity index (χ1) is 16.5. The molecular formula is C26H21Cl2FN2O4. The van der Waals surface area contributed by atoms with Crippen LogP contribution >= 0.6 is 23.2 Å². The molecule has 9 heteroatoms. The van der Waals surface area contributed by atoms with Crippen molar-refractivity contribution in [2.24, 2.45) is 0 Å². The number of hydrogen-bond donors (Lipinski definition) is 0. The maximum absolute atomic E-state index is 15.1. The molecule has 180 valence electrons. The zero-order valence-corrected chi connectivity index (χ0v) is 20.9. The van der Waals surface area contributed by atoms with Gasteiger partial charge in [0.25, 0.3) is 5.91 Å². The third-order valence-corrected chi connectivity index (χ3v) is 6.05. The maximum Gasteiger partial charge on any atom is 0.330 e. The van der Waals surface area contributed by atoms with Crippen LogP contribution in [-0.2, 0) is 15.2 Å². The monoisotopic (exact) mass is 514 g/mol. The van der Waals surface area contributed by atoms with Gasteiger partial charge in [0.05, 0.1) is 17.6 Å². The van der Waals surface area contributed by atoms with Gasteiger partial charge in [-0.05, 0) is 62.2 Å². The normalized spacial score (nSPS) is 12.0. The molecule has 0 bridgehead atoms. The molecule has 0 aliphatic carbocycles. The Morgan fingerprint density at radius 2 is 1.94 bits per heavy atom. The minimum Gasteiger partial charge on any atom is -0.466 e. The number of methoxy groups -OCH3 is 1. The summed E-state index contributed by atoms with van der Waals surface area (Å²) in [7, 11) is 1.29. The van der Waals surface area contributed by atoms with E-state index < -0.39 is 17.5 Å². The van der Waals surface area contributed by atoms with Crippen LogP contribution in [0.5, 0.6) is 0 Å². The van der Waals surface area contributed by atoms with Crippen LogP contribution in [0.15, 0.2) is 53.2 Å². The van der Waals surface area contributed by atoms with Crippen LogP contribution in [0, 0.1) is 6.92 Å². The number of nitrogens with zero attached hydrogens (tertiary/aromatic N) is 2. The van der Waals surface area contributed by atoms with Crippen molar-refractivity contribution in [1.82, 2.24) is 9.72 Å². The molecule has 35 heavy (non-hydrogen) atoms. The Kier molecular flexibility index (Phi) is 6.58. The third kappa shape index (κ3) is 4.61. The number of carbonyl (C=O) groups is 2. The number of carbonyl (C=O) groups excluding carboxylic acids is 2. The fraction of sp³-hybridized carbons (Fsp3) is 0.192. The summed E-state index contributed by atoms with van der Waals surface area (Å²) < 4.78 is 26.6. The van der Waals surface area contributed by atoms with E-state index in [4.69, 9.17) is 27.7 Å². The molecule has 0 spiro atoms. The second-order valence-corrected chi connectivity index (χ2v) is 9.26. The number of fused-ring (bicyclic) bond motifs is 1. The zero-order valence-electron chi connectivity index (χ0n) is 19.4. The third-order valence-electron chi connectivity index (χ3n) is 5.50. The van der Waals surface area contributed by atoms with Gasteiger partial charge in [0.15, 0.2) is 11.4 Å². The number of aryl methyl sites for hydroxylation is 1. The predicted molar refractivity (Wildman–Crippen MR) is 134 cm³/mol. The number of alkyl halides is 1. The topological polar surface area (TPSA) is 74.3 Å². The van der Waals surface area contributed by atoms with E-state index >= 15 is 4.39 Å². The van der Waals surface area contributed by atoms with Crippen molar-refractivity contribution in [2.75, 3.05) is 7.11 Å². The Morgan fingerprint density at radius 1 is 1.20 bits per heavy atom. The van der Waals surface area contributed by atoms with E-state index in [1.165, 1.54) is 37.7 Å². The highest BCUT2D eigenvalue weighted by Crippen LogP contribution is 2.39. The molecule has 0 amide bonds. The van der Waals surface area contributed by atoms with Gasteiger partial charge in [0.2, 0.25) is 0 Å². The highest BCUT2D eigenvalue weighted by atomic mass is 35.5. The Morgan fingerprint density at radius 3 is 2.60 bits per heavy atom. The lowest BCUT2D eigenvalue weighted by Gasteiger charge is -2.13. The molecule has 0 atom stereocenters. The van der Waals surface area contributed by atoms with Crippen LogP contribution in [0.1, 0.15) is 41.1 Å². The van der Waals surface area contributed by atoms with Crippen LogP contribution < -0.4 is 0 Å². The second-order valence-electron chi connectivity index (χ2n) is 8.42. The molecule has 6 nitrogen and oxygen atoms in total. The molecule has 0 saturated carbocycles. The number of hydrogen-bond acceptors (Lipinski definition) is 5. The number of benzene rings is 2. The molecule has 2 heterocycles. The van der Waals surface area contributed by atoms with Crippen molar-refractivity contribution in [3.8, 4) is 11.3 Å². The SMILES string of the molecule is COC(=O)/C=C/c1cccc2c1c(C)cn2C(=O)c1c(-c2ccc(Cl)cc2Cl)noc1C(C)(C)F. The van der Waals surface area contributed by atoms with Gasteiger partial charge in [-0.25, -0.2) is 9.18 Å². The van der Waals surface area contributed by atoms with Crippen molar-refractivity contribution in [3.05, 3.63) is 81.2 Å². The van der Waals surface area contributed by atoms with E-state index in [9.17, 15) is 9.59 Å². The summed E-state index contributed by atoms with van der Waals surface area (Å²) in [6, 6.07) is 10.0. The molecule has 4 rings (SSSR count). The molecule has 0 radical (unpaired) electrons. The number of halogens is 3. The minimum absolute atomic E-state index is 0.0471. The zero-order chi connectivity index (χ0) is 25.5. The molecule has 0 saturated heterocycles. The number of ether oxygens (including phenoxy) is 1. The number of esters is 1. The van der Waals surface area contributed by atoms with Gasteiger partial charge in [-0.2, -0.15) is 0 Å². The largest absolute Gasteiger partial charge is 0.466 e. The average molecular weight is 515 g/mol. The highest BCUT2D eigenvalue weighted by molar-refractivity contribution is 6.36. The Labute approximate surface area is 210 Å². The fourth-order valence-electron chi connectivity index (χ4n) is 3.93. The van der Waals surface area contributed by atoms with Crippen molar-refractivity contribution < 1.29 is 23.2 Å². The number of aromatic nitrogens is 2. The standard InChI is InChI=1S/C26H21Cl2FN2O4/c1-14-13-31(19-7-5-6-15(21(14)19)8-11-20(32)34-4)25(33)22-23(30-35-24(22)26(2,3)29)17-10-9-16(27)12-18(17)28/h5-13H,1-4H3/b11-8+. The van der Waals surface area contributed by atoms with Crippen LogP contribution in [0.3, 0.4) is 0 Å². The molecule has 2 aromatic carbocycles. The van der Waals surface area contributed by atoms with E-state index in [0.717, 1.165) is 10.9 Å². The summed E-state index contributed by atoms with van der Waals surface area (Å²) in [5.41, 5.74) is 0.510. The summed E-state index contributed by atoms with van der Waals surface area (Å²) in [5, 5.41) is 5.41. The summed E-state index contributed by atoms with van der Waals surface area (Å²) in [6.07, 6.45) is 4.57. The Bertz CT molecular complexity index is 1500. The van der Waals surface area contributed by atoms with E-state index in [-0.39, 0.29) is 22.0 Å². The van der Waals surface area contributed by atoms with Crippen LogP contribution in [-0.4, -0.2) is 28.7 Å². The lowest BCUT2D eigenvalue weighted by Crippen LogP contribution is -2.18. The summed E-state index contributed by atoms with van der Waals surface area (Å²) in [5.74, 6) is -1.26. The first-order valence-corrected chi connectivity index (χ1v) is 11.3. The second kappa shape index (κ2) is 9.32. The van der Waals surface area contributed by atoms with Gasteiger partial charge in [0.1, 0.15) is 11.3 Å². The predicted octanol–water partition coefficient (Wildman–Crippen LogP) is 6.99. The van der Waals surface area contributed by atoms with Crippen LogP contribution in [0.4, 0.5) is 4.39 Å². The summed E-state index contributed by atoms with van der Waals surface area (Å²) in [4.78, 5) is 25.5. The lowest BCUT2D eigenvalue weighted by molar-refractivity contribution is -0.134. The van der Waals surface area contributed by atoms with Gasteiger partial charge in [-0.3, -0.25) is 9.36 Å². The van der Waals surface area contributed by atoms with E-state index in [1.807, 2.05) is 13.0 Å². The quantitative estimate of drug-likeness (QED) is 0.212. The van der Waals surface area contributed by atoms with E-state index in [2.05, 4.69) is 9.89 Å². The van der Waals surface area contributed by atoms with Crippen molar-refractivity contribution in [2.45, 2.75) is 26.4 Å². The Hall–Kier alpha value is -3.42. The highest BCUT2D eigenvalue weighted by Gasteiger charge is 2.36. The van der Waals surface area contributed by atoms with E-state index in [0.29, 0.717) is 21.7 Å². The summed E-state index contributed by atoms with van der Waals surface area (Å²) in [6.45, 7) is 4.41. The van der Waals surface area contributed by atoms with Crippen LogP contribution in [0.25, 0.3) is 28.2 Å².